The summed E-state index contributed by atoms with van der Waals surface area (Å²) in [4.78, 5) is 10.3. The Hall–Kier alpha value is -1.65. The van der Waals surface area contributed by atoms with Crippen molar-refractivity contribution in [1.29, 1.82) is 0 Å². The van der Waals surface area contributed by atoms with Crippen LogP contribution >= 0.6 is 0 Å². The third-order valence-electron chi connectivity index (χ3n) is 1.93. The van der Waals surface area contributed by atoms with Crippen molar-refractivity contribution in [1.82, 2.24) is 0 Å². The molecule has 1 N–H and O–H groups in total. The molecule has 3 nitrogen and oxygen atoms in total. The highest BCUT2D eigenvalue weighted by Crippen LogP contribution is 2.24. The maximum Gasteiger partial charge on any atom is 0.303 e. The lowest BCUT2D eigenvalue weighted by molar-refractivity contribution is -0.136. The Morgan fingerprint density at radius 2 is 2.13 bits per heavy atom. The predicted octanol–water partition coefficient (Wildman–Crippen LogP) is 1.99. The highest BCUT2D eigenvalue weighted by molar-refractivity contribution is 5.67. The molecule has 0 radical (unpaired) electrons. The molecule has 0 amide bonds. The highest BCUT2D eigenvalue weighted by atomic mass is 19.1. The van der Waals surface area contributed by atoms with Gasteiger partial charge in [-0.1, -0.05) is 0 Å². The summed E-state index contributed by atoms with van der Waals surface area (Å²) in [6.07, 6.45) is -0.246. The molecule has 0 saturated heterocycles. The smallest absolute Gasteiger partial charge is 0.303 e. The van der Waals surface area contributed by atoms with E-state index in [-0.39, 0.29) is 24.2 Å². The molecule has 1 aromatic rings. The number of halogens is 2. The molecule has 5 heteroatoms. The molecular formula is C10H10F2O3. The maximum atomic E-state index is 13.2. The highest BCUT2D eigenvalue weighted by Gasteiger charge is 2.13. The Bertz CT molecular complexity index is 377. The van der Waals surface area contributed by atoms with Crippen LogP contribution in [0.4, 0.5) is 8.78 Å². The molecule has 0 aliphatic rings. The number of aliphatic carboxylic acids is 1. The lowest BCUT2D eigenvalue weighted by atomic mass is 10.1. The Balaban J connectivity index is 2.98. The largest absolute Gasteiger partial charge is 0.496 e. The van der Waals surface area contributed by atoms with Crippen LogP contribution in [0.2, 0.25) is 0 Å². The van der Waals surface area contributed by atoms with Gasteiger partial charge in [0.05, 0.1) is 7.11 Å². The molecule has 82 valence electrons. The molecule has 0 saturated carbocycles. The van der Waals surface area contributed by atoms with Crippen LogP contribution in [0.3, 0.4) is 0 Å². The van der Waals surface area contributed by atoms with Crippen LogP contribution in [0.25, 0.3) is 0 Å². The van der Waals surface area contributed by atoms with Gasteiger partial charge >= 0.3 is 5.97 Å². The Kier molecular flexibility index (Phi) is 3.60. The van der Waals surface area contributed by atoms with E-state index >= 15 is 0 Å². The number of carboxylic acid groups (broad SMARTS) is 1. The Morgan fingerprint density at radius 1 is 1.47 bits per heavy atom. The molecule has 15 heavy (non-hydrogen) atoms. The third kappa shape index (κ3) is 2.90. The van der Waals surface area contributed by atoms with Gasteiger partial charge in [-0.2, -0.15) is 0 Å². The van der Waals surface area contributed by atoms with Gasteiger partial charge in [0.15, 0.2) is 0 Å². The minimum atomic E-state index is -1.04. The molecule has 0 spiro atoms. The molecule has 0 aliphatic heterocycles. The van der Waals surface area contributed by atoms with Crippen molar-refractivity contribution in [3.8, 4) is 5.75 Å². The van der Waals surface area contributed by atoms with E-state index in [1.54, 1.807) is 0 Å². The van der Waals surface area contributed by atoms with E-state index in [0.29, 0.717) is 6.07 Å². The molecule has 0 heterocycles. The minimum Gasteiger partial charge on any atom is -0.496 e. The number of carbonyl (C=O) groups is 1. The van der Waals surface area contributed by atoms with Crippen LogP contribution in [0.1, 0.15) is 12.0 Å². The summed E-state index contributed by atoms with van der Waals surface area (Å²) >= 11 is 0. The summed E-state index contributed by atoms with van der Waals surface area (Å²) in [6.45, 7) is 0. The fourth-order valence-electron chi connectivity index (χ4n) is 1.24. The van der Waals surface area contributed by atoms with Gasteiger partial charge in [0, 0.05) is 24.1 Å². The van der Waals surface area contributed by atoms with Crippen molar-refractivity contribution in [2.45, 2.75) is 12.8 Å². The van der Waals surface area contributed by atoms with E-state index < -0.39 is 17.6 Å². The van der Waals surface area contributed by atoms with Crippen molar-refractivity contribution >= 4 is 5.97 Å². The normalized spacial score (nSPS) is 10.1. The summed E-state index contributed by atoms with van der Waals surface area (Å²) in [7, 11) is 1.28. The molecule has 1 aromatic carbocycles. The fraction of sp³-hybridized carbons (Fsp3) is 0.300. The molecule has 0 aromatic heterocycles. The van der Waals surface area contributed by atoms with E-state index in [0.717, 1.165) is 6.07 Å². The average Bonchev–Trinajstić information content (AvgIpc) is 2.14. The number of carboxylic acids is 1. The van der Waals surface area contributed by atoms with Crippen LogP contribution in [0, 0.1) is 11.6 Å². The molecule has 1 rings (SSSR count). The van der Waals surface area contributed by atoms with Crippen molar-refractivity contribution < 1.29 is 23.4 Å². The van der Waals surface area contributed by atoms with Crippen LogP contribution in [0.5, 0.6) is 5.75 Å². The summed E-state index contributed by atoms with van der Waals surface area (Å²) in [5.74, 6) is -2.54. The van der Waals surface area contributed by atoms with Gasteiger partial charge in [0.2, 0.25) is 0 Å². The van der Waals surface area contributed by atoms with Crippen LogP contribution < -0.4 is 4.74 Å². The monoisotopic (exact) mass is 216 g/mol. The number of hydrogen-bond donors (Lipinski definition) is 1. The van der Waals surface area contributed by atoms with Gasteiger partial charge in [0.1, 0.15) is 17.4 Å². The van der Waals surface area contributed by atoms with E-state index in [9.17, 15) is 13.6 Å². The fourth-order valence-corrected chi connectivity index (χ4v) is 1.24. The topological polar surface area (TPSA) is 46.5 Å². The second kappa shape index (κ2) is 4.72. The van der Waals surface area contributed by atoms with Crippen molar-refractivity contribution in [3.05, 3.63) is 29.3 Å². The second-order valence-electron chi connectivity index (χ2n) is 2.96. The zero-order valence-corrected chi connectivity index (χ0v) is 8.09. The molecule has 0 atom stereocenters. The quantitative estimate of drug-likeness (QED) is 0.837. The maximum absolute atomic E-state index is 13.2. The van der Waals surface area contributed by atoms with Crippen LogP contribution in [0.15, 0.2) is 12.1 Å². The first-order chi connectivity index (χ1) is 7.04. The summed E-state index contributed by atoms with van der Waals surface area (Å²) in [5.41, 5.74) is 0.0845. The molecule has 0 bridgehead atoms. The van der Waals surface area contributed by atoms with Gasteiger partial charge in [-0.15, -0.1) is 0 Å². The van der Waals surface area contributed by atoms with Crippen molar-refractivity contribution in [2.75, 3.05) is 7.11 Å². The van der Waals surface area contributed by atoms with Crippen molar-refractivity contribution in [3.63, 3.8) is 0 Å². The summed E-state index contributed by atoms with van der Waals surface area (Å²) in [5, 5.41) is 8.45. The molecule has 0 aliphatic carbocycles. The first-order valence-corrected chi connectivity index (χ1v) is 4.28. The summed E-state index contributed by atoms with van der Waals surface area (Å²) in [6, 6.07) is 1.74. The van der Waals surface area contributed by atoms with E-state index in [1.165, 1.54) is 7.11 Å². The van der Waals surface area contributed by atoms with Gasteiger partial charge in [-0.25, -0.2) is 8.78 Å². The Labute approximate surface area is 85.3 Å². The van der Waals surface area contributed by atoms with Crippen LogP contribution in [-0.2, 0) is 11.2 Å². The lowest BCUT2D eigenvalue weighted by Crippen LogP contribution is -2.02. The lowest BCUT2D eigenvalue weighted by Gasteiger charge is -2.08. The zero-order chi connectivity index (χ0) is 11.4. The second-order valence-corrected chi connectivity index (χ2v) is 2.96. The SMILES string of the molecule is COc1cc(F)cc(F)c1CCC(=O)O. The predicted molar refractivity (Wildman–Crippen MR) is 48.9 cm³/mol. The molecule has 0 fully saturated rings. The third-order valence-corrected chi connectivity index (χ3v) is 1.93. The van der Waals surface area contributed by atoms with E-state index in [2.05, 4.69) is 0 Å². The standard InChI is InChI=1S/C10H10F2O3/c1-15-9-5-6(11)4-8(12)7(9)2-3-10(13)14/h4-5H,2-3H2,1H3,(H,13,14). The van der Waals surface area contributed by atoms with E-state index in [4.69, 9.17) is 9.84 Å². The zero-order valence-electron chi connectivity index (χ0n) is 8.09. The number of methoxy groups -OCH3 is 1. The summed E-state index contributed by atoms with van der Waals surface area (Å²) < 4.78 is 30.8. The first kappa shape index (κ1) is 11.4. The van der Waals surface area contributed by atoms with Gasteiger partial charge < -0.3 is 9.84 Å². The van der Waals surface area contributed by atoms with Gasteiger partial charge in [-0.3, -0.25) is 4.79 Å². The molecular weight excluding hydrogens is 206 g/mol. The molecule has 0 unspecified atom stereocenters. The van der Waals surface area contributed by atoms with Crippen LogP contribution in [-0.4, -0.2) is 18.2 Å². The van der Waals surface area contributed by atoms with Gasteiger partial charge in [0.25, 0.3) is 0 Å². The number of rotatable bonds is 4. The minimum absolute atomic E-state index is 0.0232. The van der Waals surface area contributed by atoms with Crippen molar-refractivity contribution in [2.24, 2.45) is 0 Å². The van der Waals surface area contributed by atoms with E-state index in [1.807, 2.05) is 0 Å². The van der Waals surface area contributed by atoms with Gasteiger partial charge in [-0.05, 0) is 6.42 Å². The number of benzene rings is 1. The average molecular weight is 216 g/mol. The number of ether oxygens (including phenoxy) is 1. The Morgan fingerprint density at radius 3 is 2.67 bits per heavy atom. The number of hydrogen-bond acceptors (Lipinski definition) is 2. The first-order valence-electron chi connectivity index (χ1n) is 4.28.